The summed E-state index contributed by atoms with van der Waals surface area (Å²) in [7, 11) is 1.15. The molecule has 24 heavy (non-hydrogen) atoms. The molecule has 1 saturated heterocycles. The van der Waals surface area contributed by atoms with Gasteiger partial charge in [0, 0.05) is 0 Å². The van der Waals surface area contributed by atoms with Gasteiger partial charge in [0.2, 0.25) is 17.8 Å². The van der Waals surface area contributed by atoms with Crippen LogP contribution in [0.3, 0.4) is 0 Å². The van der Waals surface area contributed by atoms with Crippen molar-refractivity contribution in [3.05, 3.63) is 12.7 Å². The Hall–Kier alpha value is -2.28. The van der Waals surface area contributed by atoms with Crippen LogP contribution in [0.2, 0.25) is 0 Å². The Morgan fingerprint density at radius 2 is 2.25 bits per heavy atom. The molecule has 0 aliphatic carbocycles. The van der Waals surface area contributed by atoms with Crippen molar-refractivity contribution < 1.29 is 34.1 Å². The zero-order valence-electron chi connectivity index (χ0n) is 12.8. The number of imidazole rings is 1. The van der Waals surface area contributed by atoms with E-state index in [4.69, 9.17) is 15.6 Å². The van der Waals surface area contributed by atoms with Crippen LogP contribution in [0.4, 0.5) is 10.6 Å². The van der Waals surface area contributed by atoms with E-state index in [9.17, 15) is 15.0 Å². The number of ether oxygens (including phenoxy) is 2. The van der Waals surface area contributed by atoms with Crippen molar-refractivity contribution in [2.45, 2.75) is 24.5 Å². The lowest BCUT2D eigenvalue weighted by molar-refractivity contribution is -0.513. The normalized spacial score (nSPS) is 26.7. The van der Waals surface area contributed by atoms with Crippen molar-refractivity contribution in [1.29, 1.82) is 0 Å². The zero-order chi connectivity index (χ0) is 17.4. The van der Waals surface area contributed by atoms with Crippen LogP contribution in [-0.2, 0) is 9.47 Å². The standard InChI is InChI=1S/C12H16BN5O6/c1-23-12(22)13-18-4-16-10-6(9(18)14)15-3-17(10)11-8(21)7(20)5(2-19)24-11/h3-5,7-8,11,13-14,19-21H,2H2,1H3/p+1/t5-,7-,8+,11-/m1/s1. The van der Waals surface area contributed by atoms with E-state index in [2.05, 4.69) is 14.7 Å². The number of carbonyl (C=O) groups is 1. The molecule has 0 saturated carbocycles. The monoisotopic (exact) mass is 338 g/mol. The van der Waals surface area contributed by atoms with Crippen LogP contribution in [0.1, 0.15) is 6.23 Å². The first-order chi connectivity index (χ1) is 11.5. The highest BCUT2D eigenvalue weighted by atomic mass is 16.6. The minimum Gasteiger partial charge on any atom is -0.474 e. The second-order valence-electron chi connectivity index (χ2n) is 5.39. The molecule has 128 valence electrons. The Balaban J connectivity index is 1.97. The second kappa shape index (κ2) is 6.32. The van der Waals surface area contributed by atoms with Crippen LogP contribution in [-0.4, -0.2) is 75.2 Å². The van der Waals surface area contributed by atoms with Gasteiger partial charge >= 0.3 is 7.41 Å². The predicted octanol–water partition coefficient (Wildman–Crippen LogP) is -3.12. The lowest BCUT2D eigenvalue weighted by atomic mass is 9.95. The molecule has 0 amide bonds. The zero-order valence-corrected chi connectivity index (χ0v) is 12.8. The molecule has 0 aromatic carbocycles. The third-order valence-electron chi connectivity index (χ3n) is 3.96. The number of nitrogen functional groups attached to an aromatic ring is 1. The molecule has 5 N–H and O–H groups in total. The van der Waals surface area contributed by atoms with Crippen LogP contribution in [0, 0.1) is 0 Å². The fourth-order valence-electron chi connectivity index (χ4n) is 2.61. The molecule has 1 aliphatic rings. The van der Waals surface area contributed by atoms with Crippen LogP contribution < -0.4 is 10.2 Å². The van der Waals surface area contributed by atoms with Gasteiger partial charge < -0.3 is 30.5 Å². The fourth-order valence-corrected chi connectivity index (χ4v) is 2.61. The lowest BCUT2D eigenvalue weighted by Crippen LogP contribution is -2.47. The van der Waals surface area contributed by atoms with E-state index in [1.54, 1.807) is 0 Å². The number of nitrogens with two attached hydrogens (primary N) is 1. The molecule has 2 aromatic rings. The summed E-state index contributed by atoms with van der Waals surface area (Å²) in [6.45, 7) is -0.434. The number of rotatable bonds is 4. The van der Waals surface area contributed by atoms with Gasteiger partial charge in [-0.1, -0.05) is 4.98 Å². The number of aliphatic hydroxyl groups excluding tert-OH is 3. The van der Waals surface area contributed by atoms with Crippen molar-refractivity contribution in [3.8, 4) is 0 Å². The Kier molecular flexibility index (Phi) is 4.36. The summed E-state index contributed by atoms with van der Waals surface area (Å²) in [5, 5.41) is 29.1. The Labute approximate surface area is 136 Å². The van der Waals surface area contributed by atoms with E-state index in [0.717, 1.165) is 0 Å². The number of hydrogen-bond donors (Lipinski definition) is 4. The van der Waals surface area contributed by atoms with Crippen molar-refractivity contribution >= 4 is 30.3 Å². The molecule has 12 heteroatoms. The highest BCUT2D eigenvalue weighted by Gasteiger charge is 2.44. The van der Waals surface area contributed by atoms with Gasteiger partial charge in [-0.15, -0.1) is 0 Å². The fraction of sp³-hybridized carbons (Fsp3) is 0.500. The summed E-state index contributed by atoms with van der Waals surface area (Å²) in [4.78, 5) is 19.7. The molecule has 3 rings (SSSR count). The largest absolute Gasteiger partial charge is 0.474 e. The molecule has 3 heterocycles. The third kappa shape index (κ3) is 2.58. The maximum atomic E-state index is 11.4. The van der Waals surface area contributed by atoms with Crippen molar-refractivity contribution in [2.75, 3.05) is 19.5 Å². The first-order valence-corrected chi connectivity index (χ1v) is 7.17. The summed E-state index contributed by atoms with van der Waals surface area (Å²) >= 11 is 0. The third-order valence-corrected chi connectivity index (χ3v) is 3.96. The van der Waals surface area contributed by atoms with E-state index in [-0.39, 0.29) is 13.2 Å². The molecule has 0 radical (unpaired) electrons. The second-order valence-corrected chi connectivity index (χ2v) is 5.39. The molecule has 1 fully saturated rings. The maximum absolute atomic E-state index is 11.4. The summed E-state index contributed by atoms with van der Waals surface area (Å²) < 4.78 is 12.8. The summed E-state index contributed by atoms with van der Waals surface area (Å²) in [6.07, 6.45) is -1.67. The first kappa shape index (κ1) is 16.6. The molecule has 2 aromatic heterocycles. The average molecular weight is 338 g/mol. The molecule has 1 aliphatic heterocycles. The summed E-state index contributed by atoms with van der Waals surface area (Å²) in [5.41, 5.74) is 6.61. The number of aliphatic hydroxyl groups is 3. The molecule has 11 nitrogen and oxygen atoms in total. The van der Waals surface area contributed by atoms with Gasteiger partial charge in [0.15, 0.2) is 11.7 Å². The molecular weight excluding hydrogens is 321 g/mol. The van der Waals surface area contributed by atoms with Crippen LogP contribution >= 0.6 is 0 Å². The van der Waals surface area contributed by atoms with Gasteiger partial charge in [0.05, 0.1) is 13.7 Å². The van der Waals surface area contributed by atoms with E-state index in [0.29, 0.717) is 11.2 Å². The van der Waals surface area contributed by atoms with Gasteiger partial charge in [-0.25, -0.2) is 4.98 Å². The van der Waals surface area contributed by atoms with E-state index in [1.807, 2.05) is 0 Å². The van der Waals surface area contributed by atoms with Crippen molar-refractivity contribution in [1.82, 2.24) is 14.5 Å². The Morgan fingerprint density at radius 3 is 2.88 bits per heavy atom. The molecular formula is C12H17BN5O6+. The van der Waals surface area contributed by atoms with Gasteiger partial charge in [0.25, 0.3) is 5.87 Å². The van der Waals surface area contributed by atoms with Gasteiger partial charge in [-0.3, -0.25) is 13.8 Å². The highest BCUT2D eigenvalue weighted by Crippen LogP contribution is 2.31. The number of carbonyl (C=O) groups excluding carboxylic acids is 1. The summed E-state index contributed by atoms with van der Waals surface area (Å²) in [6, 6.07) is 0. The molecule has 0 unspecified atom stereocenters. The summed E-state index contributed by atoms with van der Waals surface area (Å²) in [5.74, 6) is -0.299. The minimum atomic E-state index is -1.26. The van der Waals surface area contributed by atoms with Gasteiger partial charge in [0.1, 0.15) is 24.6 Å². The number of hydrogen-bond acceptors (Lipinski definition) is 9. The average Bonchev–Trinajstić information content (AvgIpc) is 3.12. The van der Waals surface area contributed by atoms with E-state index < -0.39 is 37.0 Å². The smallest absolute Gasteiger partial charge is 0.452 e. The SMILES string of the molecule is COC(=O)B[n+]1cnc2c(ncn2[C@@H]2O[C@H](CO)[C@@H](O)[C@@H]2O)c1N. The number of aromatic nitrogens is 4. The van der Waals surface area contributed by atoms with Gasteiger partial charge in [-0.05, 0) is 0 Å². The van der Waals surface area contributed by atoms with E-state index >= 15 is 0 Å². The van der Waals surface area contributed by atoms with Crippen LogP contribution in [0.25, 0.3) is 11.2 Å². The molecule has 0 spiro atoms. The lowest BCUT2D eigenvalue weighted by Gasteiger charge is -2.15. The molecule has 4 atom stereocenters. The number of anilines is 1. The quantitative estimate of drug-likeness (QED) is 0.423. The minimum absolute atomic E-state index is 0.119. The molecule has 0 bridgehead atoms. The highest BCUT2D eigenvalue weighted by molar-refractivity contribution is 6.65. The van der Waals surface area contributed by atoms with Crippen LogP contribution in [0.15, 0.2) is 12.7 Å². The Bertz CT molecular complexity index is 770. The number of fused-ring (bicyclic) bond motifs is 1. The topological polar surface area (TPSA) is 157 Å². The number of nitrogens with zero attached hydrogens (tertiary/aromatic N) is 4. The maximum Gasteiger partial charge on any atom is 0.452 e. The van der Waals surface area contributed by atoms with Crippen LogP contribution in [0.5, 0.6) is 0 Å². The predicted molar refractivity (Wildman–Crippen MR) is 80.1 cm³/mol. The Morgan fingerprint density at radius 1 is 1.50 bits per heavy atom. The van der Waals surface area contributed by atoms with Gasteiger partial charge in [-0.2, -0.15) is 0 Å². The van der Waals surface area contributed by atoms with Crippen molar-refractivity contribution in [2.24, 2.45) is 0 Å². The van der Waals surface area contributed by atoms with Crippen molar-refractivity contribution in [3.63, 3.8) is 0 Å². The number of methoxy groups -OCH3 is 1. The first-order valence-electron chi connectivity index (χ1n) is 7.17. The van der Waals surface area contributed by atoms with E-state index in [1.165, 1.54) is 28.8 Å².